The number of rotatable bonds is 3. The van der Waals surface area contributed by atoms with E-state index in [0.717, 1.165) is 23.5 Å². The summed E-state index contributed by atoms with van der Waals surface area (Å²) in [5.41, 5.74) is 0.366. The first-order valence-electron chi connectivity index (χ1n) is 7.80. The second kappa shape index (κ2) is 6.61. The van der Waals surface area contributed by atoms with E-state index in [4.69, 9.17) is 16.7 Å². The smallest absolute Gasteiger partial charge is 0.416 e. The average molecular weight is 424 g/mol. The number of carboxylic acid groups (broad SMARTS) is 1. The number of halogens is 4. The van der Waals surface area contributed by atoms with Crippen LogP contribution in [0, 0.1) is 0 Å². The highest BCUT2D eigenvalue weighted by Crippen LogP contribution is 2.38. The van der Waals surface area contributed by atoms with E-state index in [9.17, 15) is 18.0 Å². The van der Waals surface area contributed by atoms with Gasteiger partial charge in [0.15, 0.2) is 5.69 Å². The zero-order chi connectivity index (χ0) is 20.1. The zero-order valence-electron chi connectivity index (χ0n) is 13.7. The fourth-order valence-electron chi connectivity index (χ4n) is 2.75. The number of benzene rings is 2. The molecule has 0 aliphatic rings. The zero-order valence-corrected chi connectivity index (χ0v) is 15.3. The Morgan fingerprint density at radius 2 is 1.93 bits per heavy atom. The van der Waals surface area contributed by atoms with E-state index in [1.807, 2.05) is 0 Å². The predicted octanol–water partition coefficient (Wildman–Crippen LogP) is 5.52. The highest BCUT2D eigenvalue weighted by atomic mass is 35.5. The summed E-state index contributed by atoms with van der Waals surface area (Å²) in [6.07, 6.45) is -4.50. The van der Waals surface area contributed by atoms with Crippen LogP contribution in [0.5, 0.6) is 0 Å². The molecule has 0 saturated carbocycles. The van der Waals surface area contributed by atoms with Gasteiger partial charge in [0.25, 0.3) is 0 Å². The summed E-state index contributed by atoms with van der Waals surface area (Å²) in [5, 5.41) is 15.8. The molecule has 2 aromatic carbocycles. The lowest BCUT2D eigenvalue weighted by molar-refractivity contribution is -0.137. The van der Waals surface area contributed by atoms with Crippen LogP contribution in [0.15, 0.2) is 47.8 Å². The number of carboxylic acids is 1. The summed E-state index contributed by atoms with van der Waals surface area (Å²) in [7, 11) is 0. The van der Waals surface area contributed by atoms with Crippen molar-refractivity contribution in [2.24, 2.45) is 0 Å². The van der Waals surface area contributed by atoms with Crippen molar-refractivity contribution in [2.45, 2.75) is 6.18 Å². The third-order valence-corrected chi connectivity index (χ3v) is 5.16. The second-order valence-electron chi connectivity index (χ2n) is 5.79. The van der Waals surface area contributed by atoms with E-state index in [1.54, 1.807) is 24.3 Å². The Hall–Kier alpha value is -2.91. The van der Waals surface area contributed by atoms with Crippen LogP contribution in [0.2, 0.25) is 5.02 Å². The summed E-state index contributed by atoms with van der Waals surface area (Å²) in [6, 6.07) is 10.1. The Labute approximate surface area is 164 Å². The first kappa shape index (κ1) is 18.5. The van der Waals surface area contributed by atoms with Crippen molar-refractivity contribution in [1.29, 1.82) is 0 Å². The first-order chi connectivity index (χ1) is 13.3. The van der Waals surface area contributed by atoms with Gasteiger partial charge in [-0.3, -0.25) is 0 Å². The minimum Gasteiger partial charge on any atom is -0.476 e. The summed E-state index contributed by atoms with van der Waals surface area (Å²) >= 11 is 7.22. The van der Waals surface area contributed by atoms with E-state index in [1.165, 1.54) is 16.1 Å². The molecule has 0 unspecified atom stereocenters. The number of nitrogens with zero attached hydrogens (tertiary/aromatic N) is 3. The molecule has 0 aliphatic heterocycles. The first-order valence-corrected chi connectivity index (χ1v) is 9.05. The van der Waals surface area contributed by atoms with Gasteiger partial charge < -0.3 is 5.11 Å². The molecule has 0 fully saturated rings. The van der Waals surface area contributed by atoms with Gasteiger partial charge in [-0.25, -0.2) is 14.5 Å². The van der Waals surface area contributed by atoms with Crippen molar-refractivity contribution in [1.82, 2.24) is 14.8 Å². The monoisotopic (exact) mass is 423 g/mol. The largest absolute Gasteiger partial charge is 0.476 e. The quantitative estimate of drug-likeness (QED) is 0.471. The maximum atomic E-state index is 12.9. The predicted molar refractivity (Wildman–Crippen MR) is 99.1 cm³/mol. The maximum absolute atomic E-state index is 12.9. The van der Waals surface area contributed by atoms with Crippen molar-refractivity contribution in [3.8, 4) is 16.4 Å². The molecule has 5 nitrogen and oxygen atoms in total. The minimum absolute atomic E-state index is 0.0874. The molecule has 10 heteroatoms. The van der Waals surface area contributed by atoms with Crippen LogP contribution in [0.1, 0.15) is 16.1 Å². The SMILES string of the molecule is O=C(O)c1csc(-n2nc(-c3ccc(C(F)(F)F)cc3Cl)c3ccccc32)n1. The van der Waals surface area contributed by atoms with Gasteiger partial charge in [0.2, 0.25) is 5.13 Å². The summed E-state index contributed by atoms with van der Waals surface area (Å²) in [4.78, 5) is 15.1. The number of alkyl halides is 3. The fourth-order valence-corrected chi connectivity index (χ4v) is 3.79. The minimum atomic E-state index is -4.50. The molecule has 0 saturated heterocycles. The molecular formula is C18H9ClF3N3O2S. The molecule has 4 aromatic rings. The van der Waals surface area contributed by atoms with E-state index in [0.29, 0.717) is 27.3 Å². The van der Waals surface area contributed by atoms with Gasteiger partial charge >= 0.3 is 12.1 Å². The van der Waals surface area contributed by atoms with Crippen LogP contribution in [0.4, 0.5) is 13.2 Å². The van der Waals surface area contributed by atoms with E-state index in [-0.39, 0.29) is 10.7 Å². The van der Waals surface area contributed by atoms with Crippen molar-refractivity contribution in [3.63, 3.8) is 0 Å². The lowest BCUT2D eigenvalue weighted by atomic mass is 10.1. The van der Waals surface area contributed by atoms with Crippen LogP contribution in [0.25, 0.3) is 27.3 Å². The molecule has 0 atom stereocenters. The van der Waals surface area contributed by atoms with Crippen LogP contribution in [-0.4, -0.2) is 25.8 Å². The van der Waals surface area contributed by atoms with Crippen LogP contribution in [0.3, 0.4) is 0 Å². The molecule has 2 heterocycles. The third-order valence-electron chi connectivity index (χ3n) is 4.03. The molecule has 142 valence electrons. The number of thiazole rings is 1. The molecule has 0 bridgehead atoms. The van der Waals surface area contributed by atoms with Gasteiger partial charge in [0, 0.05) is 16.3 Å². The van der Waals surface area contributed by atoms with Crippen molar-refractivity contribution < 1.29 is 23.1 Å². The lowest BCUT2D eigenvalue weighted by Gasteiger charge is -2.09. The van der Waals surface area contributed by atoms with Crippen molar-refractivity contribution >= 4 is 39.8 Å². The number of hydrogen-bond donors (Lipinski definition) is 1. The fraction of sp³-hybridized carbons (Fsp3) is 0.0556. The number of para-hydroxylation sites is 1. The summed E-state index contributed by atoms with van der Waals surface area (Å²) in [5.74, 6) is -1.16. The maximum Gasteiger partial charge on any atom is 0.416 e. The van der Waals surface area contributed by atoms with Gasteiger partial charge in [-0.2, -0.15) is 18.3 Å². The lowest BCUT2D eigenvalue weighted by Crippen LogP contribution is -2.04. The molecule has 1 N–H and O–H groups in total. The highest BCUT2D eigenvalue weighted by Gasteiger charge is 2.31. The van der Waals surface area contributed by atoms with Crippen LogP contribution >= 0.6 is 22.9 Å². The Bertz CT molecular complexity index is 1220. The number of aromatic nitrogens is 3. The molecule has 0 amide bonds. The molecule has 0 spiro atoms. The molecule has 4 rings (SSSR count). The topological polar surface area (TPSA) is 68.0 Å². The standard InChI is InChI=1S/C18H9ClF3N3O2S/c19-12-7-9(18(20,21)22)5-6-10(12)15-11-3-1-2-4-14(11)25(24-15)17-23-13(8-28-17)16(26)27/h1-8H,(H,26,27). The van der Waals surface area contributed by atoms with Crippen molar-refractivity contribution in [3.05, 3.63) is 64.1 Å². The van der Waals surface area contributed by atoms with Gasteiger partial charge in [-0.1, -0.05) is 35.9 Å². The summed E-state index contributed by atoms with van der Waals surface area (Å²) < 4.78 is 40.2. The normalized spacial score (nSPS) is 11.9. The van der Waals surface area contributed by atoms with Crippen LogP contribution in [-0.2, 0) is 6.18 Å². The Morgan fingerprint density at radius 1 is 1.18 bits per heavy atom. The summed E-state index contributed by atoms with van der Waals surface area (Å²) in [6.45, 7) is 0. The molecule has 28 heavy (non-hydrogen) atoms. The molecule has 0 radical (unpaired) electrons. The van der Waals surface area contributed by atoms with Gasteiger partial charge in [0.05, 0.1) is 16.1 Å². The Kier molecular flexibility index (Phi) is 4.35. The molecule has 0 aliphatic carbocycles. The van der Waals surface area contributed by atoms with E-state index in [2.05, 4.69) is 10.1 Å². The van der Waals surface area contributed by atoms with Gasteiger partial charge in [0.1, 0.15) is 5.69 Å². The van der Waals surface area contributed by atoms with Gasteiger partial charge in [-0.15, -0.1) is 11.3 Å². The Morgan fingerprint density at radius 3 is 2.57 bits per heavy atom. The number of carbonyl (C=O) groups is 1. The van der Waals surface area contributed by atoms with Crippen molar-refractivity contribution in [2.75, 3.05) is 0 Å². The molecule has 2 aromatic heterocycles. The van der Waals surface area contributed by atoms with Crippen LogP contribution < -0.4 is 0 Å². The van der Waals surface area contributed by atoms with E-state index < -0.39 is 17.7 Å². The number of fused-ring (bicyclic) bond motifs is 1. The van der Waals surface area contributed by atoms with Gasteiger partial charge in [-0.05, 0) is 18.2 Å². The van der Waals surface area contributed by atoms with E-state index >= 15 is 0 Å². The highest BCUT2D eigenvalue weighted by molar-refractivity contribution is 7.12. The average Bonchev–Trinajstić information content (AvgIpc) is 3.26. The number of aromatic carboxylic acids is 1. The second-order valence-corrected chi connectivity index (χ2v) is 7.03. The molecular weight excluding hydrogens is 415 g/mol. The third kappa shape index (κ3) is 3.12. The number of hydrogen-bond acceptors (Lipinski definition) is 4. The Balaban J connectivity index is 1.90.